The van der Waals surface area contributed by atoms with Gasteiger partial charge in [-0.3, -0.25) is 0 Å². The zero-order valence-electron chi connectivity index (χ0n) is 16.0. The third kappa shape index (κ3) is 3.47. The Balaban J connectivity index is 2.09. The van der Waals surface area contributed by atoms with Crippen LogP contribution in [0.4, 0.5) is 11.4 Å². The molecule has 1 aliphatic rings. The Labute approximate surface area is 151 Å². The first-order valence-corrected chi connectivity index (χ1v) is 9.01. The number of aliphatic hydroxyl groups excluding tert-OH is 1. The molecule has 0 aliphatic carbocycles. The average Bonchev–Trinajstić information content (AvgIpc) is 2.53. The molecule has 0 fully saturated rings. The summed E-state index contributed by atoms with van der Waals surface area (Å²) in [6.45, 7) is 12.6. The van der Waals surface area contributed by atoms with E-state index >= 15 is 0 Å². The van der Waals surface area contributed by atoms with Crippen LogP contribution in [0, 0.1) is 34.6 Å². The van der Waals surface area contributed by atoms with Crippen molar-refractivity contribution in [3.05, 3.63) is 57.6 Å². The number of anilines is 1. The van der Waals surface area contributed by atoms with Crippen LogP contribution in [-0.2, 0) is 6.61 Å². The highest BCUT2D eigenvalue weighted by molar-refractivity contribution is 5.81. The molecule has 0 saturated heterocycles. The summed E-state index contributed by atoms with van der Waals surface area (Å²) in [5, 5.41) is 9.83. The van der Waals surface area contributed by atoms with Gasteiger partial charge in [0, 0.05) is 17.8 Å². The highest BCUT2D eigenvalue weighted by Crippen LogP contribution is 2.30. The molecule has 0 atom stereocenters. The zero-order chi connectivity index (χ0) is 18.1. The quantitative estimate of drug-likeness (QED) is 0.672. The van der Waals surface area contributed by atoms with Gasteiger partial charge >= 0.3 is 0 Å². The summed E-state index contributed by atoms with van der Waals surface area (Å²) < 4.78 is 2.18. The van der Waals surface area contributed by atoms with Crippen molar-refractivity contribution in [2.45, 2.75) is 47.6 Å². The summed E-state index contributed by atoms with van der Waals surface area (Å²) in [7, 11) is 0. The maximum Gasteiger partial charge on any atom is 0.206 e. The van der Waals surface area contributed by atoms with Crippen molar-refractivity contribution in [1.82, 2.24) is 0 Å². The van der Waals surface area contributed by atoms with E-state index in [0.29, 0.717) is 0 Å². The Morgan fingerprint density at radius 2 is 1.56 bits per heavy atom. The minimum atomic E-state index is 0.0542. The number of hydrogen-bond donors (Lipinski definition) is 1. The molecule has 25 heavy (non-hydrogen) atoms. The third-order valence-corrected chi connectivity index (χ3v) is 4.87. The lowest BCUT2D eigenvalue weighted by molar-refractivity contribution is -0.441. The van der Waals surface area contributed by atoms with Crippen molar-refractivity contribution in [2.24, 2.45) is 0 Å². The van der Waals surface area contributed by atoms with Gasteiger partial charge in [0.1, 0.15) is 0 Å². The molecule has 1 aliphatic heterocycles. The number of aryl methyl sites for hydroxylation is 5. The van der Waals surface area contributed by atoms with Crippen LogP contribution in [0.2, 0.25) is 0 Å². The van der Waals surface area contributed by atoms with Crippen LogP contribution in [0.5, 0.6) is 0 Å². The fourth-order valence-electron chi connectivity index (χ4n) is 4.11. The van der Waals surface area contributed by atoms with E-state index in [9.17, 15) is 5.11 Å². The zero-order valence-corrected chi connectivity index (χ0v) is 16.0. The topological polar surface area (TPSA) is 26.5 Å². The van der Waals surface area contributed by atoms with Gasteiger partial charge in [-0.1, -0.05) is 52.1 Å². The van der Waals surface area contributed by atoms with Crippen molar-refractivity contribution in [3.63, 3.8) is 0 Å². The smallest absolute Gasteiger partial charge is 0.206 e. The van der Waals surface area contributed by atoms with Gasteiger partial charge in [0.25, 0.3) is 0 Å². The molecule has 1 heterocycles. The third-order valence-electron chi connectivity index (χ3n) is 4.87. The fraction of sp³-hybridized carbons (Fsp3) is 0.409. The van der Waals surface area contributed by atoms with Gasteiger partial charge in [0.2, 0.25) is 6.34 Å². The molecule has 0 radical (unpaired) electrons. The van der Waals surface area contributed by atoms with Crippen LogP contribution in [0.3, 0.4) is 0 Å². The Morgan fingerprint density at radius 1 is 0.960 bits per heavy atom. The molecule has 0 saturated carbocycles. The average molecular weight is 336 g/mol. The number of nitrogens with zero attached hydrogens (tertiary/aromatic N) is 2. The van der Waals surface area contributed by atoms with Crippen LogP contribution in [-0.4, -0.2) is 29.1 Å². The van der Waals surface area contributed by atoms with Crippen molar-refractivity contribution in [2.75, 3.05) is 18.0 Å². The minimum Gasteiger partial charge on any atom is -0.393 e. The molecular weight excluding hydrogens is 308 g/mol. The molecule has 132 valence electrons. The normalized spacial score (nSPS) is 14.6. The van der Waals surface area contributed by atoms with Gasteiger partial charge in [-0.25, -0.2) is 0 Å². The summed E-state index contributed by atoms with van der Waals surface area (Å²) in [5.41, 5.74) is 9.57. The lowest BCUT2D eigenvalue weighted by atomic mass is 10.0. The van der Waals surface area contributed by atoms with E-state index < -0.39 is 0 Å². The fourth-order valence-corrected chi connectivity index (χ4v) is 4.11. The van der Waals surface area contributed by atoms with Crippen LogP contribution >= 0.6 is 0 Å². The van der Waals surface area contributed by atoms with Crippen molar-refractivity contribution in [1.29, 1.82) is 0 Å². The SMILES string of the molecule is Cc1cc(C)c(N2[C-]=[N+](c3c(C)cc(C)cc3CO)CCC2)c(C)c1. The molecular formula is C22H28N2O. The van der Waals surface area contributed by atoms with Crippen LogP contribution in [0.1, 0.15) is 39.8 Å². The molecule has 0 spiro atoms. The van der Waals surface area contributed by atoms with E-state index in [2.05, 4.69) is 74.7 Å². The first kappa shape index (κ1) is 17.7. The Morgan fingerprint density at radius 3 is 2.20 bits per heavy atom. The second kappa shape index (κ2) is 7.01. The predicted molar refractivity (Wildman–Crippen MR) is 104 cm³/mol. The first-order valence-electron chi connectivity index (χ1n) is 9.01. The Bertz CT molecular complexity index is 813. The van der Waals surface area contributed by atoms with Crippen LogP contribution in [0.25, 0.3) is 0 Å². The molecule has 0 unspecified atom stereocenters. The summed E-state index contributed by atoms with van der Waals surface area (Å²) in [4.78, 5) is 2.24. The van der Waals surface area contributed by atoms with E-state index in [4.69, 9.17) is 0 Å². The number of hydrogen-bond acceptors (Lipinski definition) is 2. The summed E-state index contributed by atoms with van der Waals surface area (Å²) in [6.07, 6.45) is 4.65. The molecule has 3 heteroatoms. The highest BCUT2D eigenvalue weighted by Gasteiger charge is 2.19. The maximum atomic E-state index is 9.83. The largest absolute Gasteiger partial charge is 0.393 e. The van der Waals surface area contributed by atoms with Gasteiger partial charge in [-0.05, 0) is 40.2 Å². The van der Waals surface area contributed by atoms with Crippen molar-refractivity contribution in [3.8, 4) is 0 Å². The minimum absolute atomic E-state index is 0.0542. The second-order valence-electron chi connectivity index (χ2n) is 7.25. The number of aliphatic hydroxyl groups is 1. The highest BCUT2D eigenvalue weighted by atomic mass is 16.3. The summed E-state index contributed by atoms with van der Waals surface area (Å²) in [5.74, 6) is 0. The number of rotatable bonds is 3. The molecule has 2 aromatic rings. The molecule has 2 aromatic carbocycles. The van der Waals surface area contributed by atoms with Gasteiger partial charge in [-0.2, -0.15) is 0 Å². The monoisotopic (exact) mass is 336 g/mol. The Hall–Kier alpha value is -2.13. The molecule has 3 rings (SSSR count). The Kier molecular flexibility index (Phi) is 4.96. The van der Waals surface area contributed by atoms with Crippen molar-refractivity contribution < 1.29 is 9.68 Å². The molecule has 0 aromatic heterocycles. The van der Waals surface area contributed by atoms with Crippen LogP contribution in [0.15, 0.2) is 24.3 Å². The van der Waals surface area contributed by atoms with E-state index in [1.54, 1.807) is 0 Å². The lowest BCUT2D eigenvalue weighted by Crippen LogP contribution is -2.35. The van der Waals surface area contributed by atoms with Crippen molar-refractivity contribution >= 4 is 17.7 Å². The second-order valence-corrected chi connectivity index (χ2v) is 7.25. The van der Waals surface area contributed by atoms with E-state index in [1.807, 2.05) is 0 Å². The van der Waals surface area contributed by atoms with E-state index in [-0.39, 0.29) is 6.61 Å². The van der Waals surface area contributed by atoms with Crippen LogP contribution < -0.4 is 4.90 Å². The first-order chi connectivity index (χ1) is 11.9. The van der Waals surface area contributed by atoms with E-state index in [1.165, 1.54) is 33.5 Å². The molecule has 1 N–H and O–H groups in total. The van der Waals surface area contributed by atoms with Gasteiger partial charge < -0.3 is 14.6 Å². The summed E-state index contributed by atoms with van der Waals surface area (Å²) in [6, 6.07) is 8.72. The maximum absolute atomic E-state index is 9.83. The lowest BCUT2D eigenvalue weighted by Gasteiger charge is -2.31. The van der Waals surface area contributed by atoms with Gasteiger partial charge in [0.15, 0.2) is 0 Å². The molecule has 3 nitrogen and oxygen atoms in total. The number of benzene rings is 2. The molecule has 0 amide bonds. The summed E-state index contributed by atoms with van der Waals surface area (Å²) >= 11 is 0. The molecule has 0 bridgehead atoms. The van der Waals surface area contributed by atoms with E-state index in [0.717, 1.165) is 30.8 Å². The van der Waals surface area contributed by atoms with Gasteiger partial charge in [-0.15, -0.1) is 0 Å². The standard InChI is InChI=1S/C22H28N2O/c1-15-9-17(3)21(18(4)10-15)23-7-6-8-24(14-23)22-19(5)11-16(2)12-20(22)13-25/h9-12,25H,6-8,13H2,1-5H3. The van der Waals surface area contributed by atoms with Gasteiger partial charge in [0.05, 0.1) is 19.7 Å². The predicted octanol–water partition coefficient (Wildman–Crippen LogP) is 4.18.